The Morgan fingerprint density at radius 1 is 1.19 bits per heavy atom. The van der Waals surface area contributed by atoms with Gasteiger partial charge in [-0.15, -0.1) is 0 Å². The van der Waals surface area contributed by atoms with Gasteiger partial charge in [0.25, 0.3) is 10.0 Å². The second-order valence-electron chi connectivity index (χ2n) is 3.51. The molecule has 1 aliphatic heterocycles. The van der Waals surface area contributed by atoms with Gasteiger partial charge in [0.2, 0.25) is 0 Å². The summed E-state index contributed by atoms with van der Waals surface area (Å²) in [6.45, 7) is 0. The molecule has 0 atom stereocenters. The van der Waals surface area contributed by atoms with Crippen molar-refractivity contribution in [1.29, 1.82) is 0 Å². The van der Waals surface area contributed by atoms with E-state index in [-0.39, 0.29) is 0 Å². The quantitative estimate of drug-likeness (QED) is 0.748. The lowest BCUT2D eigenvalue weighted by molar-refractivity contribution is 0.590. The molecular formula is C11H8N2O2S. The third-order valence-corrected chi connectivity index (χ3v) is 3.96. The third-order valence-electron chi connectivity index (χ3n) is 2.52. The lowest BCUT2D eigenvalue weighted by atomic mass is 10.1. The first-order valence-electron chi connectivity index (χ1n) is 4.75. The molecule has 1 N–H and O–H groups in total. The Morgan fingerprint density at radius 2 is 2.06 bits per heavy atom. The summed E-state index contributed by atoms with van der Waals surface area (Å²) in [5.74, 6) is 0. The predicted octanol–water partition coefficient (Wildman–Crippen LogP) is 1.50. The van der Waals surface area contributed by atoms with Crippen LogP contribution in [0.15, 0.2) is 41.6 Å². The van der Waals surface area contributed by atoms with Gasteiger partial charge in [-0.05, 0) is 29.8 Å². The minimum atomic E-state index is -3.45. The highest BCUT2D eigenvalue weighted by Crippen LogP contribution is 2.28. The molecule has 0 saturated heterocycles. The van der Waals surface area contributed by atoms with Crippen molar-refractivity contribution in [2.24, 2.45) is 0 Å². The van der Waals surface area contributed by atoms with Crippen molar-refractivity contribution in [2.75, 3.05) is 0 Å². The number of sulfonamides is 1. The number of hydrogen-bond donors (Lipinski definition) is 1. The van der Waals surface area contributed by atoms with E-state index in [9.17, 15) is 8.42 Å². The summed E-state index contributed by atoms with van der Waals surface area (Å²) in [6.07, 6.45) is 4.82. The zero-order valence-electron chi connectivity index (χ0n) is 8.21. The molecule has 4 nitrogen and oxygen atoms in total. The topological polar surface area (TPSA) is 59.1 Å². The van der Waals surface area contributed by atoms with Crippen LogP contribution in [0.3, 0.4) is 0 Å². The first kappa shape index (κ1) is 9.35. The SMILES string of the molecule is O=S1(=O)NC=Cc2ccc3ncccc3c21. The Morgan fingerprint density at radius 3 is 2.94 bits per heavy atom. The molecule has 1 aromatic carbocycles. The van der Waals surface area contributed by atoms with Crippen LogP contribution in [0, 0.1) is 0 Å². The largest absolute Gasteiger partial charge is 0.286 e. The van der Waals surface area contributed by atoms with Crippen LogP contribution in [-0.4, -0.2) is 13.4 Å². The Labute approximate surface area is 92.7 Å². The fourth-order valence-electron chi connectivity index (χ4n) is 1.85. The maximum atomic E-state index is 11.9. The smallest absolute Gasteiger partial charge is 0.262 e. The standard InChI is InChI=1S/C11H8N2O2S/c14-16(15)11-8(5-7-13-16)3-4-10-9(11)2-1-6-12-10/h1-7,13H. The molecule has 16 heavy (non-hydrogen) atoms. The molecule has 0 radical (unpaired) electrons. The van der Waals surface area contributed by atoms with Crippen LogP contribution in [0.4, 0.5) is 0 Å². The summed E-state index contributed by atoms with van der Waals surface area (Å²) in [5.41, 5.74) is 1.38. The Kier molecular flexibility index (Phi) is 1.79. The summed E-state index contributed by atoms with van der Waals surface area (Å²) in [6, 6.07) is 7.08. The lowest BCUT2D eigenvalue weighted by Gasteiger charge is -2.14. The number of aromatic nitrogens is 1. The summed E-state index contributed by atoms with van der Waals surface area (Å²) < 4.78 is 26.2. The van der Waals surface area contributed by atoms with Crippen molar-refractivity contribution in [3.63, 3.8) is 0 Å². The first-order valence-corrected chi connectivity index (χ1v) is 6.23. The fourth-order valence-corrected chi connectivity index (χ4v) is 3.12. The highest BCUT2D eigenvalue weighted by atomic mass is 32.2. The van der Waals surface area contributed by atoms with E-state index < -0.39 is 10.0 Å². The Balaban J connectivity index is 2.55. The van der Waals surface area contributed by atoms with Crippen LogP contribution in [0.5, 0.6) is 0 Å². The van der Waals surface area contributed by atoms with Gasteiger partial charge in [0.1, 0.15) is 4.90 Å². The Hall–Kier alpha value is -1.88. The van der Waals surface area contributed by atoms with Gasteiger partial charge in [-0.3, -0.25) is 9.71 Å². The number of nitrogens with zero attached hydrogens (tertiary/aromatic N) is 1. The molecule has 0 amide bonds. The van der Waals surface area contributed by atoms with Gasteiger partial charge in [0.05, 0.1) is 5.52 Å². The van der Waals surface area contributed by atoms with E-state index in [1.165, 1.54) is 6.20 Å². The van der Waals surface area contributed by atoms with Gasteiger partial charge in [-0.1, -0.05) is 6.07 Å². The van der Waals surface area contributed by atoms with Crippen LogP contribution in [-0.2, 0) is 10.0 Å². The van der Waals surface area contributed by atoms with Gasteiger partial charge >= 0.3 is 0 Å². The van der Waals surface area contributed by atoms with E-state index in [0.29, 0.717) is 21.4 Å². The average molecular weight is 232 g/mol. The van der Waals surface area contributed by atoms with Gasteiger partial charge in [-0.2, -0.15) is 0 Å². The van der Waals surface area contributed by atoms with Crippen molar-refractivity contribution in [2.45, 2.75) is 4.90 Å². The maximum absolute atomic E-state index is 11.9. The molecule has 2 heterocycles. The molecular weight excluding hydrogens is 224 g/mol. The second kappa shape index (κ2) is 3.05. The van der Waals surface area contributed by atoms with Gasteiger partial charge in [0.15, 0.2) is 0 Å². The summed E-state index contributed by atoms with van der Waals surface area (Å²) >= 11 is 0. The highest BCUT2D eigenvalue weighted by molar-refractivity contribution is 7.90. The number of nitrogens with one attached hydrogen (secondary N) is 1. The number of benzene rings is 1. The molecule has 0 saturated carbocycles. The number of rotatable bonds is 0. The molecule has 0 fully saturated rings. The lowest BCUT2D eigenvalue weighted by Crippen LogP contribution is -2.22. The normalized spacial score (nSPS) is 16.8. The minimum absolute atomic E-state index is 0.306. The molecule has 80 valence electrons. The fraction of sp³-hybridized carbons (Fsp3) is 0. The summed E-state index contributed by atoms with van der Waals surface area (Å²) in [7, 11) is -3.45. The van der Waals surface area contributed by atoms with Crippen molar-refractivity contribution in [1.82, 2.24) is 9.71 Å². The van der Waals surface area contributed by atoms with E-state index in [1.54, 1.807) is 30.5 Å². The predicted molar refractivity (Wildman–Crippen MR) is 61.1 cm³/mol. The van der Waals surface area contributed by atoms with E-state index in [1.807, 2.05) is 6.07 Å². The molecule has 0 unspecified atom stereocenters. The molecule has 0 aliphatic carbocycles. The third kappa shape index (κ3) is 1.22. The molecule has 0 spiro atoms. The van der Waals surface area contributed by atoms with Crippen LogP contribution in [0.25, 0.3) is 17.0 Å². The number of fused-ring (bicyclic) bond motifs is 3. The summed E-state index contributed by atoms with van der Waals surface area (Å²) in [5, 5.41) is 0.650. The molecule has 1 aromatic heterocycles. The van der Waals surface area contributed by atoms with E-state index in [0.717, 1.165) is 0 Å². The zero-order valence-corrected chi connectivity index (χ0v) is 9.03. The van der Waals surface area contributed by atoms with Gasteiger partial charge in [-0.25, -0.2) is 8.42 Å². The zero-order chi connectivity index (χ0) is 11.2. The van der Waals surface area contributed by atoms with Crippen LogP contribution >= 0.6 is 0 Å². The van der Waals surface area contributed by atoms with Crippen molar-refractivity contribution in [3.8, 4) is 0 Å². The van der Waals surface area contributed by atoms with Crippen LogP contribution in [0.1, 0.15) is 5.56 Å². The van der Waals surface area contributed by atoms with E-state index >= 15 is 0 Å². The van der Waals surface area contributed by atoms with Crippen molar-refractivity contribution >= 4 is 27.0 Å². The highest BCUT2D eigenvalue weighted by Gasteiger charge is 2.22. The van der Waals surface area contributed by atoms with E-state index in [2.05, 4.69) is 9.71 Å². The number of hydrogen-bond acceptors (Lipinski definition) is 3. The molecule has 5 heteroatoms. The molecule has 3 rings (SSSR count). The second-order valence-corrected chi connectivity index (χ2v) is 5.16. The monoisotopic (exact) mass is 232 g/mol. The summed E-state index contributed by atoms with van der Waals surface area (Å²) in [4.78, 5) is 4.44. The van der Waals surface area contributed by atoms with Crippen molar-refractivity contribution < 1.29 is 8.42 Å². The Bertz CT molecular complexity index is 705. The van der Waals surface area contributed by atoms with Crippen LogP contribution < -0.4 is 4.72 Å². The van der Waals surface area contributed by atoms with Crippen molar-refractivity contribution in [3.05, 3.63) is 42.2 Å². The maximum Gasteiger partial charge on any atom is 0.262 e. The minimum Gasteiger partial charge on any atom is -0.286 e. The average Bonchev–Trinajstić information content (AvgIpc) is 2.28. The molecule has 2 aromatic rings. The van der Waals surface area contributed by atoms with Gasteiger partial charge in [0, 0.05) is 17.8 Å². The van der Waals surface area contributed by atoms with Crippen LogP contribution in [0.2, 0.25) is 0 Å². The molecule has 1 aliphatic rings. The number of pyridine rings is 1. The van der Waals surface area contributed by atoms with E-state index in [4.69, 9.17) is 0 Å². The first-order chi connectivity index (χ1) is 7.68. The molecule has 0 bridgehead atoms. The van der Waals surface area contributed by atoms with Gasteiger partial charge < -0.3 is 0 Å².